The zero-order valence-electron chi connectivity index (χ0n) is 20.6. The lowest BCUT2D eigenvalue weighted by atomic mass is 9.98. The van der Waals surface area contributed by atoms with E-state index in [1.54, 1.807) is 24.3 Å². The second kappa shape index (κ2) is 10.2. The summed E-state index contributed by atoms with van der Waals surface area (Å²) in [4.78, 5) is 47.0. The monoisotopic (exact) mass is 520 g/mol. The molecule has 4 rings (SSSR count). The van der Waals surface area contributed by atoms with E-state index in [0.717, 1.165) is 25.2 Å². The Morgan fingerprint density at radius 1 is 1.14 bits per heavy atom. The molecule has 1 aromatic rings. The largest absolute Gasteiger partial charge is 0.361 e. The maximum absolute atomic E-state index is 13.6. The molecule has 1 atom stereocenters. The summed E-state index contributed by atoms with van der Waals surface area (Å²) in [5.41, 5.74) is 1.35. The number of carbonyl (C=O) groups excluding carboxylic acids is 3. The molecule has 3 aliphatic rings. The standard InChI is InChI=1S/C24H33ClN6O3S/c1-24(2,35-4)20(27-23(34)26-17-7-5-16(25)6-8-17)22(33)29-11-9-18(10-12-29)31-15-30-14-28(3)13-19(30)21(31)32/h5-8,13,18,20H,9-12,14-15H2,1-4H3,(H2,26,27,34)/t20-/m0/s1. The van der Waals surface area contributed by atoms with E-state index in [9.17, 15) is 14.4 Å². The second-order valence-electron chi connectivity index (χ2n) is 9.77. The van der Waals surface area contributed by atoms with Crippen LogP contribution in [0, 0.1) is 0 Å². The van der Waals surface area contributed by atoms with Gasteiger partial charge in [-0.05, 0) is 57.2 Å². The Bertz CT molecular complexity index is 1010. The molecule has 2 N–H and O–H groups in total. The minimum absolute atomic E-state index is 0.0704. The van der Waals surface area contributed by atoms with Gasteiger partial charge in [-0.2, -0.15) is 11.8 Å². The zero-order chi connectivity index (χ0) is 25.3. The number of hydrogen-bond donors (Lipinski definition) is 2. The van der Waals surface area contributed by atoms with Crippen LogP contribution in [0.25, 0.3) is 0 Å². The molecule has 3 heterocycles. The first-order chi connectivity index (χ1) is 16.6. The molecule has 2 fully saturated rings. The fourth-order valence-corrected chi connectivity index (χ4v) is 5.25. The van der Waals surface area contributed by atoms with Crippen LogP contribution in [0.3, 0.4) is 0 Å². The normalized spacial score (nSPS) is 19.6. The molecular weight excluding hydrogens is 488 g/mol. The van der Waals surface area contributed by atoms with Crippen LogP contribution in [-0.2, 0) is 9.59 Å². The maximum Gasteiger partial charge on any atom is 0.319 e. The molecule has 4 amide bonds. The lowest BCUT2D eigenvalue weighted by Gasteiger charge is -2.40. The minimum Gasteiger partial charge on any atom is -0.361 e. The van der Waals surface area contributed by atoms with Gasteiger partial charge in [0.05, 0.1) is 13.3 Å². The van der Waals surface area contributed by atoms with Crippen LogP contribution in [-0.4, -0.2) is 94.0 Å². The number of likely N-dealkylation sites (tertiary alicyclic amines) is 1. The number of rotatable bonds is 6. The summed E-state index contributed by atoms with van der Waals surface area (Å²) >= 11 is 7.45. The molecule has 0 aromatic heterocycles. The summed E-state index contributed by atoms with van der Waals surface area (Å²) in [7, 11) is 1.96. The van der Waals surface area contributed by atoms with E-state index >= 15 is 0 Å². The van der Waals surface area contributed by atoms with Crippen LogP contribution in [0.15, 0.2) is 36.2 Å². The molecule has 0 bridgehead atoms. The van der Waals surface area contributed by atoms with Crippen LogP contribution >= 0.6 is 23.4 Å². The van der Waals surface area contributed by atoms with Crippen molar-refractivity contribution < 1.29 is 14.4 Å². The van der Waals surface area contributed by atoms with Crippen LogP contribution < -0.4 is 10.6 Å². The Balaban J connectivity index is 1.37. The van der Waals surface area contributed by atoms with Crippen molar-refractivity contribution in [3.8, 4) is 0 Å². The third-order valence-corrected chi connectivity index (χ3v) is 8.48. The van der Waals surface area contributed by atoms with Crippen LogP contribution in [0.4, 0.5) is 10.5 Å². The number of thioether (sulfide) groups is 1. The Morgan fingerprint density at radius 2 is 1.80 bits per heavy atom. The highest BCUT2D eigenvalue weighted by Gasteiger charge is 2.43. The highest BCUT2D eigenvalue weighted by Crippen LogP contribution is 2.31. The Morgan fingerprint density at radius 3 is 2.40 bits per heavy atom. The summed E-state index contributed by atoms with van der Waals surface area (Å²) in [5, 5.41) is 6.25. The highest BCUT2D eigenvalue weighted by molar-refractivity contribution is 8.00. The van der Waals surface area contributed by atoms with Gasteiger partial charge in [-0.15, -0.1) is 0 Å². The van der Waals surface area contributed by atoms with E-state index in [1.807, 2.05) is 48.1 Å². The van der Waals surface area contributed by atoms with Crippen molar-refractivity contribution in [3.05, 3.63) is 41.2 Å². The molecule has 0 unspecified atom stereocenters. The summed E-state index contributed by atoms with van der Waals surface area (Å²) in [5.74, 6) is -0.0344. The average Bonchev–Trinajstić information content (AvgIpc) is 3.35. The fraction of sp³-hybridized carbons (Fsp3) is 0.542. The number of urea groups is 1. The van der Waals surface area contributed by atoms with Gasteiger partial charge < -0.3 is 30.2 Å². The molecule has 0 saturated carbocycles. The number of anilines is 1. The highest BCUT2D eigenvalue weighted by atomic mass is 35.5. The average molecular weight is 521 g/mol. The van der Waals surface area contributed by atoms with Gasteiger partial charge in [-0.25, -0.2) is 4.79 Å². The number of nitrogens with one attached hydrogen (secondary N) is 2. The Kier molecular flexibility index (Phi) is 7.42. The van der Waals surface area contributed by atoms with Gasteiger partial charge in [0.15, 0.2) is 0 Å². The van der Waals surface area contributed by atoms with Gasteiger partial charge in [-0.1, -0.05) is 11.6 Å². The van der Waals surface area contributed by atoms with Gasteiger partial charge >= 0.3 is 6.03 Å². The Hall–Kier alpha value is -2.59. The predicted molar refractivity (Wildman–Crippen MR) is 139 cm³/mol. The van der Waals surface area contributed by atoms with E-state index in [4.69, 9.17) is 11.6 Å². The van der Waals surface area contributed by atoms with E-state index in [0.29, 0.717) is 30.5 Å². The maximum atomic E-state index is 13.6. The first-order valence-electron chi connectivity index (χ1n) is 11.7. The van der Waals surface area contributed by atoms with Crippen molar-refractivity contribution in [1.82, 2.24) is 24.9 Å². The van der Waals surface area contributed by atoms with E-state index < -0.39 is 16.8 Å². The molecular formula is C24H33ClN6O3S. The van der Waals surface area contributed by atoms with Gasteiger partial charge in [0.2, 0.25) is 5.91 Å². The number of amides is 4. The number of halogens is 1. The molecule has 3 aliphatic heterocycles. The quantitative estimate of drug-likeness (QED) is 0.599. The van der Waals surface area contributed by atoms with E-state index in [1.165, 1.54) is 11.8 Å². The number of hydrogen-bond acceptors (Lipinski definition) is 6. The number of carbonyl (C=O) groups is 3. The molecule has 190 valence electrons. The first-order valence-corrected chi connectivity index (χ1v) is 13.3. The lowest BCUT2D eigenvalue weighted by Crippen LogP contribution is -2.60. The smallest absolute Gasteiger partial charge is 0.319 e. The van der Waals surface area contributed by atoms with Crippen molar-refractivity contribution in [2.24, 2.45) is 0 Å². The third-order valence-electron chi connectivity index (χ3n) is 6.94. The molecule has 0 spiro atoms. The van der Waals surface area contributed by atoms with Gasteiger partial charge in [0.1, 0.15) is 11.7 Å². The first kappa shape index (κ1) is 25.5. The zero-order valence-corrected chi connectivity index (χ0v) is 22.2. The van der Waals surface area contributed by atoms with Gasteiger partial charge in [-0.3, -0.25) is 9.59 Å². The third kappa shape index (κ3) is 5.48. The fourth-order valence-electron chi connectivity index (χ4n) is 4.73. The predicted octanol–water partition coefficient (Wildman–Crippen LogP) is 2.81. The summed E-state index contributed by atoms with van der Waals surface area (Å²) in [6, 6.07) is 5.77. The van der Waals surface area contributed by atoms with Crippen molar-refractivity contribution in [1.29, 1.82) is 0 Å². The minimum atomic E-state index is -0.707. The second-order valence-corrected chi connectivity index (χ2v) is 11.7. The number of fused-ring (bicyclic) bond motifs is 1. The molecule has 0 aliphatic carbocycles. The van der Waals surface area contributed by atoms with E-state index in [-0.39, 0.29) is 17.9 Å². The van der Waals surface area contributed by atoms with Crippen molar-refractivity contribution in [2.75, 3.05) is 45.0 Å². The van der Waals surface area contributed by atoms with Crippen molar-refractivity contribution in [2.45, 2.75) is 43.5 Å². The van der Waals surface area contributed by atoms with Crippen LogP contribution in [0.2, 0.25) is 5.02 Å². The SMILES string of the molecule is CSC(C)(C)[C@@H](NC(=O)Nc1ccc(Cl)cc1)C(=O)N1CCC(N2CN3CN(C)C=C3C2=O)CC1. The van der Waals surface area contributed by atoms with Crippen LogP contribution in [0.5, 0.6) is 0 Å². The summed E-state index contributed by atoms with van der Waals surface area (Å²) in [6.07, 6.45) is 5.27. The molecule has 1 aromatic carbocycles. The van der Waals surface area contributed by atoms with Gasteiger partial charge in [0, 0.05) is 47.8 Å². The topological polar surface area (TPSA) is 88.2 Å². The number of nitrogens with zero attached hydrogens (tertiary/aromatic N) is 4. The molecule has 35 heavy (non-hydrogen) atoms. The molecule has 9 nitrogen and oxygen atoms in total. The summed E-state index contributed by atoms with van der Waals surface area (Å²) < 4.78 is -0.514. The molecule has 2 saturated heterocycles. The van der Waals surface area contributed by atoms with Crippen molar-refractivity contribution >= 4 is 46.9 Å². The number of benzene rings is 1. The molecule has 11 heteroatoms. The van der Waals surface area contributed by atoms with Crippen molar-refractivity contribution in [3.63, 3.8) is 0 Å². The van der Waals surface area contributed by atoms with Crippen LogP contribution in [0.1, 0.15) is 26.7 Å². The Labute approximate surface area is 215 Å². The van der Waals surface area contributed by atoms with E-state index in [2.05, 4.69) is 15.5 Å². The molecule has 0 radical (unpaired) electrons. The number of piperidine rings is 1. The summed E-state index contributed by atoms with van der Waals surface area (Å²) in [6.45, 7) is 6.33. The van der Waals surface area contributed by atoms with Gasteiger partial charge in [0.25, 0.3) is 5.91 Å². The lowest BCUT2D eigenvalue weighted by molar-refractivity contribution is -0.136.